The molecule has 134 valence electrons. The molecule has 0 bridgehead atoms. The van der Waals surface area contributed by atoms with Gasteiger partial charge in [-0.05, 0) is 32.8 Å². The molecule has 0 radical (unpaired) electrons. The van der Waals surface area contributed by atoms with Crippen LogP contribution >= 0.6 is 11.3 Å². The first kappa shape index (κ1) is 17.7. The van der Waals surface area contributed by atoms with Gasteiger partial charge in [-0.3, -0.25) is 10.1 Å². The first-order valence-corrected chi connectivity index (χ1v) is 9.37. The van der Waals surface area contributed by atoms with Crippen molar-refractivity contribution in [1.29, 1.82) is 0 Å². The van der Waals surface area contributed by atoms with Gasteiger partial charge >= 0.3 is 6.03 Å². The number of nitrogens with zero attached hydrogens (tertiary/aromatic N) is 1. The minimum atomic E-state index is -0.295. The van der Waals surface area contributed by atoms with Crippen LogP contribution in [-0.2, 0) is 0 Å². The van der Waals surface area contributed by atoms with Gasteiger partial charge in [-0.25, -0.2) is 4.79 Å². The number of fused-ring (bicyclic) bond motifs is 1. The molecule has 3 rings (SSSR count). The van der Waals surface area contributed by atoms with E-state index in [1.54, 1.807) is 0 Å². The van der Waals surface area contributed by atoms with Gasteiger partial charge in [0.05, 0.1) is 5.56 Å². The number of piperidine rings is 1. The number of benzene rings is 1. The van der Waals surface area contributed by atoms with Crippen LogP contribution in [0.15, 0.2) is 24.3 Å². The van der Waals surface area contributed by atoms with E-state index in [0.29, 0.717) is 30.2 Å². The standard InChI is InChI=1S/C18H24N4O2S/c1-3-20-17(24)21-15-14(12-6-4-5-7-13(12)25-15)16(23)22-10-8-18(2,19)9-11-22/h4-7H,3,8-11,19H2,1-2H3,(H2,20,21,24). The summed E-state index contributed by atoms with van der Waals surface area (Å²) < 4.78 is 0.985. The van der Waals surface area contributed by atoms with E-state index in [4.69, 9.17) is 5.73 Å². The maximum atomic E-state index is 13.2. The molecule has 7 heteroatoms. The molecule has 6 nitrogen and oxygen atoms in total. The molecule has 0 saturated carbocycles. The molecule has 1 aromatic carbocycles. The molecule has 1 aliphatic rings. The summed E-state index contributed by atoms with van der Waals surface area (Å²) in [6, 6.07) is 7.45. The Labute approximate surface area is 151 Å². The summed E-state index contributed by atoms with van der Waals surface area (Å²) in [6.45, 7) is 5.68. The van der Waals surface area contributed by atoms with Gasteiger partial charge in [-0.1, -0.05) is 18.2 Å². The van der Waals surface area contributed by atoms with Crippen LogP contribution in [0.1, 0.15) is 37.0 Å². The molecule has 1 saturated heterocycles. The molecule has 1 aliphatic heterocycles. The summed E-state index contributed by atoms with van der Waals surface area (Å²) >= 11 is 1.43. The molecule has 2 aromatic rings. The van der Waals surface area contributed by atoms with Gasteiger partial charge in [0.1, 0.15) is 5.00 Å². The fourth-order valence-electron chi connectivity index (χ4n) is 3.03. The third kappa shape index (κ3) is 3.77. The lowest BCUT2D eigenvalue weighted by Crippen LogP contribution is -2.49. The zero-order valence-electron chi connectivity index (χ0n) is 14.6. The molecule has 25 heavy (non-hydrogen) atoms. The largest absolute Gasteiger partial charge is 0.338 e. The molecule has 1 fully saturated rings. The van der Waals surface area contributed by atoms with Gasteiger partial charge in [0.15, 0.2) is 0 Å². The van der Waals surface area contributed by atoms with Crippen molar-refractivity contribution >= 4 is 38.4 Å². The Bertz CT molecular complexity index is 789. The van der Waals surface area contributed by atoms with E-state index in [-0.39, 0.29) is 17.5 Å². The summed E-state index contributed by atoms with van der Waals surface area (Å²) in [6.07, 6.45) is 1.56. The number of hydrogen-bond acceptors (Lipinski definition) is 4. The smallest absolute Gasteiger partial charge is 0.319 e. The highest BCUT2D eigenvalue weighted by Gasteiger charge is 2.31. The minimum Gasteiger partial charge on any atom is -0.338 e. The minimum absolute atomic E-state index is 0.0419. The van der Waals surface area contributed by atoms with E-state index in [0.717, 1.165) is 22.9 Å². The predicted octanol–water partition coefficient (Wildman–Crippen LogP) is 3.00. The SMILES string of the molecule is CCNC(=O)Nc1sc2ccccc2c1C(=O)N1CCC(C)(N)CC1. The van der Waals surface area contributed by atoms with Gasteiger partial charge in [0, 0.05) is 35.3 Å². The van der Waals surface area contributed by atoms with Crippen LogP contribution in [0, 0.1) is 0 Å². The first-order chi connectivity index (χ1) is 11.9. The van der Waals surface area contributed by atoms with Crippen molar-refractivity contribution in [2.45, 2.75) is 32.2 Å². The van der Waals surface area contributed by atoms with Crippen molar-refractivity contribution in [3.63, 3.8) is 0 Å². The molecule has 0 spiro atoms. The van der Waals surface area contributed by atoms with Crippen LogP contribution in [0.3, 0.4) is 0 Å². The molecule has 4 N–H and O–H groups in total. The summed E-state index contributed by atoms with van der Waals surface area (Å²) in [7, 11) is 0. The zero-order valence-corrected chi connectivity index (χ0v) is 15.4. The lowest BCUT2D eigenvalue weighted by atomic mass is 9.90. The van der Waals surface area contributed by atoms with Crippen molar-refractivity contribution in [1.82, 2.24) is 10.2 Å². The topological polar surface area (TPSA) is 87.5 Å². The molecule has 3 amide bonds. The summed E-state index contributed by atoms with van der Waals surface area (Å²) in [5, 5.41) is 7.02. The van der Waals surface area contributed by atoms with E-state index in [9.17, 15) is 9.59 Å². The van der Waals surface area contributed by atoms with Gasteiger partial charge in [0.25, 0.3) is 5.91 Å². The van der Waals surface area contributed by atoms with E-state index < -0.39 is 0 Å². The number of carbonyl (C=O) groups is 2. The van der Waals surface area contributed by atoms with Crippen molar-refractivity contribution in [3.8, 4) is 0 Å². The van der Waals surface area contributed by atoms with Crippen LogP contribution < -0.4 is 16.4 Å². The first-order valence-electron chi connectivity index (χ1n) is 8.56. The Morgan fingerprint density at radius 1 is 1.28 bits per heavy atom. The lowest BCUT2D eigenvalue weighted by Gasteiger charge is -2.36. The number of nitrogens with two attached hydrogens (primary N) is 1. The second-order valence-electron chi connectivity index (χ2n) is 6.73. The molecule has 0 atom stereocenters. The maximum Gasteiger partial charge on any atom is 0.319 e. The molecule has 0 unspecified atom stereocenters. The maximum absolute atomic E-state index is 13.2. The molecular weight excluding hydrogens is 336 g/mol. The highest BCUT2D eigenvalue weighted by molar-refractivity contribution is 7.23. The van der Waals surface area contributed by atoms with Crippen molar-refractivity contribution in [2.75, 3.05) is 25.0 Å². The Hall–Kier alpha value is -2.12. The number of rotatable bonds is 3. The van der Waals surface area contributed by atoms with Crippen molar-refractivity contribution < 1.29 is 9.59 Å². The molecule has 2 heterocycles. The Morgan fingerprint density at radius 3 is 2.64 bits per heavy atom. The van der Waals surface area contributed by atoms with Gasteiger partial charge in [-0.2, -0.15) is 0 Å². The number of anilines is 1. The van der Waals surface area contributed by atoms with Gasteiger partial charge in [0.2, 0.25) is 0 Å². The van der Waals surface area contributed by atoms with Gasteiger partial charge in [-0.15, -0.1) is 11.3 Å². The Kier molecular flexibility index (Phi) is 4.96. The van der Waals surface area contributed by atoms with Crippen molar-refractivity contribution in [3.05, 3.63) is 29.8 Å². The number of hydrogen-bond donors (Lipinski definition) is 3. The quantitative estimate of drug-likeness (QED) is 0.786. The van der Waals surface area contributed by atoms with Crippen LogP contribution in [-0.4, -0.2) is 42.0 Å². The molecule has 1 aromatic heterocycles. The van der Waals surface area contributed by atoms with E-state index in [2.05, 4.69) is 10.6 Å². The van der Waals surface area contributed by atoms with E-state index in [1.165, 1.54) is 11.3 Å². The second-order valence-corrected chi connectivity index (χ2v) is 7.79. The third-order valence-electron chi connectivity index (χ3n) is 4.57. The van der Waals surface area contributed by atoms with Crippen LogP contribution in [0.25, 0.3) is 10.1 Å². The highest BCUT2D eigenvalue weighted by Crippen LogP contribution is 2.37. The fraction of sp³-hybridized carbons (Fsp3) is 0.444. The number of amides is 3. The molecule has 0 aliphatic carbocycles. The van der Waals surface area contributed by atoms with Crippen LogP contribution in [0.4, 0.5) is 9.80 Å². The second kappa shape index (κ2) is 7.01. The summed E-state index contributed by atoms with van der Waals surface area (Å²) in [4.78, 5) is 27.0. The summed E-state index contributed by atoms with van der Waals surface area (Å²) in [5.41, 5.74) is 6.54. The van der Waals surface area contributed by atoms with Crippen molar-refractivity contribution in [2.24, 2.45) is 5.73 Å². The van der Waals surface area contributed by atoms with Crippen LogP contribution in [0.2, 0.25) is 0 Å². The Balaban J connectivity index is 1.93. The van der Waals surface area contributed by atoms with Gasteiger partial charge < -0.3 is 16.0 Å². The Morgan fingerprint density at radius 2 is 1.96 bits per heavy atom. The average molecular weight is 360 g/mol. The average Bonchev–Trinajstić information content (AvgIpc) is 2.92. The molecular formula is C18H24N4O2S. The predicted molar refractivity (Wildman–Crippen MR) is 102 cm³/mol. The highest BCUT2D eigenvalue weighted by atomic mass is 32.1. The normalized spacial score (nSPS) is 16.7. The monoisotopic (exact) mass is 360 g/mol. The number of likely N-dealkylation sites (tertiary alicyclic amines) is 1. The summed E-state index contributed by atoms with van der Waals surface area (Å²) in [5.74, 6) is -0.0419. The lowest BCUT2D eigenvalue weighted by molar-refractivity contribution is 0.0684. The van der Waals surface area contributed by atoms with Crippen LogP contribution in [0.5, 0.6) is 0 Å². The number of nitrogens with one attached hydrogen (secondary N) is 2. The zero-order chi connectivity index (χ0) is 18.0. The third-order valence-corrected chi connectivity index (χ3v) is 5.65. The fourth-order valence-corrected chi connectivity index (χ4v) is 4.12. The number of urea groups is 1. The number of carbonyl (C=O) groups excluding carboxylic acids is 2. The van der Waals surface area contributed by atoms with E-state index in [1.807, 2.05) is 43.0 Å². The van der Waals surface area contributed by atoms with E-state index >= 15 is 0 Å². The number of thiophene rings is 1.